The first-order chi connectivity index (χ1) is 7.52. The molecule has 1 amide bonds. The van der Waals surface area contributed by atoms with Gasteiger partial charge < -0.3 is 10.2 Å². The number of benzene rings is 1. The fraction of sp³-hybridized carbons (Fsp3) is 0.417. The lowest BCUT2D eigenvalue weighted by molar-refractivity contribution is -0.129. The third-order valence-corrected chi connectivity index (χ3v) is 3.41. The van der Waals surface area contributed by atoms with Crippen molar-refractivity contribution >= 4 is 34.2 Å². The van der Waals surface area contributed by atoms with Crippen LogP contribution in [0.3, 0.4) is 0 Å². The minimum Gasteiger partial charge on any atom is -0.375 e. The molecule has 3 nitrogen and oxygen atoms in total. The van der Waals surface area contributed by atoms with Crippen molar-refractivity contribution in [3.05, 3.63) is 27.8 Å². The number of anilines is 1. The summed E-state index contributed by atoms with van der Waals surface area (Å²) in [4.78, 5) is 13.5. The highest BCUT2D eigenvalue weighted by atomic mass is 127. The van der Waals surface area contributed by atoms with Crippen molar-refractivity contribution in [1.82, 2.24) is 4.90 Å². The van der Waals surface area contributed by atoms with Crippen molar-refractivity contribution in [2.75, 3.05) is 18.9 Å². The Balaban J connectivity index is 2.52. The molecule has 0 saturated carbocycles. The monoisotopic (exact) mass is 332 g/mol. The molecule has 1 N–H and O–H groups in total. The molecule has 0 aliphatic heterocycles. The molecule has 0 unspecified atom stereocenters. The number of amides is 1. The Morgan fingerprint density at radius 1 is 1.44 bits per heavy atom. The maximum Gasteiger partial charge on any atom is 0.241 e. The van der Waals surface area contributed by atoms with Gasteiger partial charge in [-0.2, -0.15) is 0 Å². The van der Waals surface area contributed by atoms with Gasteiger partial charge in [0.15, 0.2) is 0 Å². The van der Waals surface area contributed by atoms with E-state index in [0.717, 1.165) is 9.26 Å². The molecule has 16 heavy (non-hydrogen) atoms. The maximum absolute atomic E-state index is 11.7. The number of nitrogens with one attached hydrogen (secondary N) is 1. The van der Waals surface area contributed by atoms with Gasteiger partial charge in [-0.1, -0.05) is 12.1 Å². The van der Waals surface area contributed by atoms with Gasteiger partial charge in [0.05, 0.1) is 6.54 Å². The van der Waals surface area contributed by atoms with Crippen LogP contribution < -0.4 is 5.32 Å². The van der Waals surface area contributed by atoms with Crippen molar-refractivity contribution in [2.45, 2.75) is 19.9 Å². The summed E-state index contributed by atoms with van der Waals surface area (Å²) >= 11 is 2.25. The largest absolute Gasteiger partial charge is 0.375 e. The molecule has 0 bridgehead atoms. The number of halogens is 1. The second kappa shape index (κ2) is 6.08. The van der Waals surface area contributed by atoms with Crippen LogP contribution in [-0.2, 0) is 4.79 Å². The van der Waals surface area contributed by atoms with Gasteiger partial charge in [0.25, 0.3) is 0 Å². The molecule has 0 aliphatic rings. The summed E-state index contributed by atoms with van der Waals surface area (Å²) in [6.45, 7) is 4.35. The Kier molecular flexibility index (Phi) is 5.05. The lowest BCUT2D eigenvalue weighted by Gasteiger charge is -2.22. The highest BCUT2D eigenvalue weighted by Crippen LogP contribution is 2.16. The molecule has 0 atom stereocenters. The Labute approximate surface area is 110 Å². The van der Waals surface area contributed by atoms with Gasteiger partial charge in [-0.15, -0.1) is 0 Å². The van der Waals surface area contributed by atoms with Crippen molar-refractivity contribution in [2.24, 2.45) is 0 Å². The molecule has 4 heteroatoms. The van der Waals surface area contributed by atoms with Crippen LogP contribution >= 0.6 is 22.6 Å². The molecule has 0 aliphatic carbocycles. The minimum absolute atomic E-state index is 0.106. The molecule has 1 aromatic carbocycles. The Bertz CT molecular complexity index is 366. The van der Waals surface area contributed by atoms with Crippen LogP contribution in [0.15, 0.2) is 24.3 Å². The third-order valence-electron chi connectivity index (χ3n) is 2.47. The van der Waals surface area contributed by atoms with E-state index in [1.54, 1.807) is 4.90 Å². The van der Waals surface area contributed by atoms with E-state index in [-0.39, 0.29) is 11.9 Å². The summed E-state index contributed by atoms with van der Waals surface area (Å²) < 4.78 is 1.13. The van der Waals surface area contributed by atoms with Crippen LogP contribution in [0, 0.1) is 3.57 Å². The fourth-order valence-electron chi connectivity index (χ4n) is 1.19. The lowest BCUT2D eigenvalue weighted by Crippen LogP contribution is -2.37. The van der Waals surface area contributed by atoms with Crippen molar-refractivity contribution in [1.29, 1.82) is 0 Å². The molecule has 0 heterocycles. The first kappa shape index (κ1) is 13.3. The van der Waals surface area contributed by atoms with Crippen molar-refractivity contribution < 1.29 is 4.79 Å². The summed E-state index contributed by atoms with van der Waals surface area (Å²) in [5.41, 5.74) is 1.01. The number of hydrogen-bond donors (Lipinski definition) is 1. The lowest BCUT2D eigenvalue weighted by atomic mass is 10.3. The minimum atomic E-state index is 0.106. The maximum atomic E-state index is 11.7. The Hall–Kier alpha value is -0.780. The average Bonchev–Trinajstić information content (AvgIpc) is 2.26. The first-order valence-corrected chi connectivity index (χ1v) is 6.34. The van der Waals surface area contributed by atoms with Crippen LogP contribution in [0.1, 0.15) is 13.8 Å². The predicted octanol–water partition coefficient (Wildman–Crippen LogP) is 2.57. The van der Waals surface area contributed by atoms with Crippen molar-refractivity contribution in [3.63, 3.8) is 0 Å². The van der Waals surface area contributed by atoms with Crippen LogP contribution in [0.2, 0.25) is 0 Å². The molecule has 0 spiro atoms. The number of likely N-dealkylation sites (N-methyl/N-ethyl adjacent to an activating group) is 1. The molecule has 0 aromatic heterocycles. The van der Waals surface area contributed by atoms with E-state index in [9.17, 15) is 4.79 Å². The summed E-state index contributed by atoms with van der Waals surface area (Å²) in [6.07, 6.45) is 0. The summed E-state index contributed by atoms with van der Waals surface area (Å²) in [6, 6.07) is 8.17. The van der Waals surface area contributed by atoms with E-state index in [1.165, 1.54) is 0 Å². The van der Waals surface area contributed by atoms with Gasteiger partial charge in [0.2, 0.25) is 5.91 Å². The third kappa shape index (κ3) is 3.66. The van der Waals surface area contributed by atoms with E-state index in [1.807, 2.05) is 45.2 Å². The quantitative estimate of drug-likeness (QED) is 0.860. The Morgan fingerprint density at radius 2 is 2.06 bits per heavy atom. The molecule has 0 saturated heterocycles. The van der Waals surface area contributed by atoms with Crippen LogP contribution in [0.5, 0.6) is 0 Å². The zero-order valence-electron chi connectivity index (χ0n) is 9.83. The molecule has 1 rings (SSSR count). The number of carbonyl (C=O) groups excluding carboxylic acids is 1. The van der Waals surface area contributed by atoms with Gasteiger partial charge >= 0.3 is 0 Å². The molecule has 1 aromatic rings. The molecular formula is C12H17IN2O. The van der Waals surface area contributed by atoms with E-state index in [2.05, 4.69) is 27.9 Å². The van der Waals surface area contributed by atoms with Crippen LogP contribution in [0.4, 0.5) is 5.69 Å². The highest BCUT2D eigenvalue weighted by molar-refractivity contribution is 14.1. The molecular weight excluding hydrogens is 315 g/mol. The zero-order chi connectivity index (χ0) is 12.1. The SMILES string of the molecule is CC(C)N(C)C(=O)CNc1ccccc1I. The second-order valence-electron chi connectivity index (χ2n) is 3.93. The summed E-state index contributed by atoms with van der Waals surface area (Å²) in [7, 11) is 1.82. The summed E-state index contributed by atoms with van der Waals surface area (Å²) in [5.74, 6) is 0.106. The van der Waals surface area contributed by atoms with Crippen LogP contribution in [-0.4, -0.2) is 30.4 Å². The van der Waals surface area contributed by atoms with Gasteiger partial charge in [-0.05, 0) is 48.6 Å². The second-order valence-corrected chi connectivity index (χ2v) is 5.09. The number of rotatable bonds is 4. The topological polar surface area (TPSA) is 32.3 Å². The van der Waals surface area contributed by atoms with Gasteiger partial charge in [-0.25, -0.2) is 0 Å². The molecule has 0 fully saturated rings. The fourth-order valence-corrected chi connectivity index (χ4v) is 1.77. The highest BCUT2D eigenvalue weighted by Gasteiger charge is 2.11. The number of hydrogen-bond acceptors (Lipinski definition) is 2. The standard InChI is InChI=1S/C12H17IN2O/c1-9(2)15(3)12(16)8-14-11-7-5-4-6-10(11)13/h4-7,9,14H,8H2,1-3H3. The normalized spacial score (nSPS) is 10.3. The Morgan fingerprint density at radius 3 is 2.62 bits per heavy atom. The molecule has 0 radical (unpaired) electrons. The number of nitrogens with zero attached hydrogens (tertiary/aromatic N) is 1. The number of carbonyl (C=O) groups is 1. The van der Waals surface area contributed by atoms with Gasteiger partial charge in [-0.3, -0.25) is 4.79 Å². The first-order valence-electron chi connectivity index (χ1n) is 5.26. The van der Waals surface area contributed by atoms with E-state index >= 15 is 0 Å². The molecule has 88 valence electrons. The van der Waals surface area contributed by atoms with E-state index in [4.69, 9.17) is 0 Å². The van der Waals surface area contributed by atoms with Gasteiger partial charge in [0.1, 0.15) is 0 Å². The van der Waals surface area contributed by atoms with E-state index in [0.29, 0.717) is 6.54 Å². The van der Waals surface area contributed by atoms with Crippen molar-refractivity contribution in [3.8, 4) is 0 Å². The number of para-hydroxylation sites is 1. The average molecular weight is 332 g/mol. The van der Waals surface area contributed by atoms with Crippen LogP contribution in [0.25, 0.3) is 0 Å². The predicted molar refractivity (Wildman–Crippen MR) is 75.6 cm³/mol. The van der Waals surface area contributed by atoms with E-state index < -0.39 is 0 Å². The van der Waals surface area contributed by atoms with Gasteiger partial charge in [0, 0.05) is 22.3 Å². The smallest absolute Gasteiger partial charge is 0.241 e. The summed E-state index contributed by atoms with van der Waals surface area (Å²) in [5, 5.41) is 3.15. The zero-order valence-corrected chi connectivity index (χ0v) is 12.0.